The lowest BCUT2D eigenvalue weighted by Crippen LogP contribution is -2.26. The fourth-order valence-electron chi connectivity index (χ4n) is 2.65. The third-order valence-corrected chi connectivity index (χ3v) is 3.36. The summed E-state index contributed by atoms with van der Waals surface area (Å²) in [7, 11) is 1.20. The summed E-state index contributed by atoms with van der Waals surface area (Å²) >= 11 is 0. The van der Waals surface area contributed by atoms with Gasteiger partial charge in [0.2, 0.25) is 0 Å². The number of hydrogen-bond acceptors (Lipinski definition) is 4. The Bertz CT molecular complexity index is 383. The zero-order chi connectivity index (χ0) is 11.2. The van der Waals surface area contributed by atoms with Crippen LogP contribution in [-0.4, -0.2) is 30.4 Å². The summed E-state index contributed by atoms with van der Waals surface area (Å²) in [6.45, 7) is 0. The van der Waals surface area contributed by atoms with Gasteiger partial charge in [0.05, 0.1) is 12.7 Å². The molecule has 1 saturated carbocycles. The standard InChI is InChI=1S/C10H10O5/c1-15-9(14)10-5(7(10)4-11)2-3-6(10)8(12)13/h3-5,7H,2H2,1H3,(H,12,13)/t5-,7+,10+/m1/s1. The van der Waals surface area contributed by atoms with Gasteiger partial charge in [-0.1, -0.05) is 6.08 Å². The Morgan fingerprint density at radius 3 is 2.73 bits per heavy atom. The average molecular weight is 210 g/mol. The van der Waals surface area contributed by atoms with E-state index in [-0.39, 0.29) is 11.5 Å². The van der Waals surface area contributed by atoms with Gasteiger partial charge in [0.1, 0.15) is 11.7 Å². The number of carbonyl (C=O) groups is 3. The highest BCUT2D eigenvalue weighted by Crippen LogP contribution is 2.68. The molecule has 0 aromatic carbocycles. The van der Waals surface area contributed by atoms with E-state index in [1.807, 2.05) is 0 Å². The number of esters is 1. The Morgan fingerprint density at radius 1 is 1.67 bits per heavy atom. The number of rotatable bonds is 3. The van der Waals surface area contributed by atoms with Crippen LogP contribution in [0.5, 0.6) is 0 Å². The summed E-state index contributed by atoms with van der Waals surface area (Å²) in [6, 6.07) is 0. The topological polar surface area (TPSA) is 80.7 Å². The zero-order valence-corrected chi connectivity index (χ0v) is 8.10. The normalized spacial score (nSPS) is 36.5. The van der Waals surface area contributed by atoms with Gasteiger partial charge < -0.3 is 14.6 Å². The van der Waals surface area contributed by atoms with Gasteiger partial charge in [-0.15, -0.1) is 0 Å². The Morgan fingerprint density at radius 2 is 2.33 bits per heavy atom. The van der Waals surface area contributed by atoms with Crippen molar-refractivity contribution in [2.45, 2.75) is 6.42 Å². The molecular weight excluding hydrogens is 200 g/mol. The number of methoxy groups -OCH3 is 1. The second-order valence-corrected chi connectivity index (χ2v) is 3.79. The molecule has 0 aliphatic heterocycles. The first kappa shape index (κ1) is 9.89. The first-order valence-corrected chi connectivity index (χ1v) is 4.58. The molecule has 2 aliphatic rings. The largest absolute Gasteiger partial charge is 0.478 e. The smallest absolute Gasteiger partial charge is 0.332 e. The van der Waals surface area contributed by atoms with Crippen LogP contribution in [0, 0.1) is 17.3 Å². The van der Waals surface area contributed by atoms with Crippen molar-refractivity contribution in [3.63, 3.8) is 0 Å². The monoisotopic (exact) mass is 210 g/mol. The fourth-order valence-corrected chi connectivity index (χ4v) is 2.65. The van der Waals surface area contributed by atoms with Crippen LogP contribution in [0.1, 0.15) is 6.42 Å². The Labute approximate surface area is 85.7 Å². The molecule has 0 amide bonds. The van der Waals surface area contributed by atoms with Gasteiger partial charge >= 0.3 is 11.9 Å². The van der Waals surface area contributed by atoms with Crippen LogP contribution in [-0.2, 0) is 19.1 Å². The van der Waals surface area contributed by atoms with Crippen molar-refractivity contribution >= 4 is 18.2 Å². The molecular formula is C10H10O5. The van der Waals surface area contributed by atoms with Crippen molar-refractivity contribution in [1.29, 1.82) is 0 Å². The third kappa shape index (κ3) is 0.948. The lowest BCUT2D eigenvalue weighted by molar-refractivity contribution is -0.149. The molecule has 0 heterocycles. The molecule has 0 radical (unpaired) electrons. The minimum atomic E-state index is -1.19. The summed E-state index contributed by atoms with van der Waals surface area (Å²) in [4.78, 5) is 33.3. The molecule has 2 rings (SSSR count). The maximum Gasteiger partial charge on any atom is 0.332 e. The second-order valence-electron chi connectivity index (χ2n) is 3.79. The Kier molecular flexibility index (Phi) is 1.92. The minimum Gasteiger partial charge on any atom is -0.478 e. The van der Waals surface area contributed by atoms with Gasteiger partial charge in [-0.05, 0) is 12.3 Å². The summed E-state index contributed by atoms with van der Waals surface area (Å²) < 4.78 is 4.59. The summed E-state index contributed by atoms with van der Waals surface area (Å²) in [5.41, 5.74) is -1.18. The van der Waals surface area contributed by atoms with Crippen LogP contribution in [0.4, 0.5) is 0 Å². The molecule has 0 spiro atoms. The highest BCUT2D eigenvalue weighted by molar-refractivity contribution is 6.04. The number of carboxylic acids is 1. The number of aliphatic carboxylic acids is 1. The number of allylic oxidation sites excluding steroid dienone is 1. The van der Waals surface area contributed by atoms with Crippen molar-refractivity contribution in [1.82, 2.24) is 0 Å². The molecule has 1 N–H and O–H groups in total. The number of aldehydes is 1. The van der Waals surface area contributed by atoms with E-state index in [0.717, 1.165) is 0 Å². The van der Waals surface area contributed by atoms with Crippen molar-refractivity contribution < 1.29 is 24.2 Å². The van der Waals surface area contributed by atoms with Gasteiger partial charge in [-0.3, -0.25) is 4.79 Å². The van der Waals surface area contributed by atoms with E-state index in [9.17, 15) is 14.4 Å². The average Bonchev–Trinajstić information content (AvgIpc) is 2.69. The molecule has 0 unspecified atom stereocenters. The summed E-state index contributed by atoms with van der Waals surface area (Å²) in [5, 5.41) is 8.94. The van der Waals surface area contributed by atoms with Gasteiger partial charge in [-0.25, -0.2) is 4.79 Å². The predicted octanol–water partition coefficient (Wildman–Crippen LogP) is 0.00540. The molecule has 2 aliphatic carbocycles. The van der Waals surface area contributed by atoms with Gasteiger partial charge in [0.25, 0.3) is 0 Å². The van der Waals surface area contributed by atoms with Crippen molar-refractivity contribution in [3.8, 4) is 0 Å². The summed E-state index contributed by atoms with van der Waals surface area (Å²) in [5.74, 6) is -2.50. The molecule has 80 valence electrons. The van der Waals surface area contributed by atoms with E-state index < -0.39 is 23.3 Å². The maximum absolute atomic E-state index is 11.6. The minimum absolute atomic E-state index is 0.0106. The summed E-state index contributed by atoms with van der Waals surface area (Å²) in [6.07, 6.45) is 2.61. The zero-order valence-electron chi connectivity index (χ0n) is 8.10. The first-order valence-electron chi connectivity index (χ1n) is 4.58. The number of ether oxygens (including phenoxy) is 1. The van der Waals surface area contributed by atoms with E-state index in [0.29, 0.717) is 12.7 Å². The SMILES string of the molecule is COC(=O)[C@]12C(C(=O)O)=CC[C@@H]1[C@@H]2C=O. The molecule has 5 nitrogen and oxygen atoms in total. The number of carbonyl (C=O) groups excluding carboxylic acids is 2. The van der Waals surface area contributed by atoms with E-state index >= 15 is 0 Å². The molecule has 1 fully saturated rings. The molecule has 0 aromatic rings. The molecule has 3 atom stereocenters. The predicted molar refractivity (Wildman–Crippen MR) is 47.8 cm³/mol. The van der Waals surface area contributed by atoms with Crippen LogP contribution < -0.4 is 0 Å². The van der Waals surface area contributed by atoms with E-state index in [4.69, 9.17) is 5.11 Å². The number of fused-ring (bicyclic) bond motifs is 1. The van der Waals surface area contributed by atoms with Crippen LogP contribution in [0.15, 0.2) is 11.6 Å². The lowest BCUT2D eigenvalue weighted by atomic mass is 9.94. The molecule has 15 heavy (non-hydrogen) atoms. The second kappa shape index (κ2) is 2.92. The highest BCUT2D eigenvalue weighted by Gasteiger charge is 2.75. The number of hydrogen-bond donors (Lipinski definition) is 1. The van der Waals surface area contributed by atoms with Gasteiger partial charge in [-0.2, -0.15) is 0 Å². The van der Waals surface area contributed by atoms with Crippen molar-refractivity contribution in [2.24, 2.45) is 17.3 Å². The Hall–Kier alpha value is -1.65. The van der Waals surface area contributed by atoms with Crippen LogP contribution in [0.3, 0.4) is 0 Å². The van der Waals surface area contributed by atoms with Crippen LogP contribution >= 0.6 is 0 Å². The molecule has 5 heteroatoms. The Balaban J connectivity index is 2.41. The first-order chi connectivity index (χ1) is 7.10. The quantitative estimate of drug-likeness (QED) is 0.524. The third-order valence-electron chi connectivity index (χ3n) is 3.36. The van der Waals surface area contributed by atoms with E-state index in [1.54, 1.807) is 0 Å². The van der Waals surface area contributed by atoms with Crippen molar-refractivity contribution in [3.05, 3.63) is 11.6 Å². The van der Waals surface area contributed by atoms with Gasteiger partial charge in [0, 0.05) is 5.92 Å². The molecule has 0 saturated heterocycles. The maximum atomic E-state index is 11.6. The van der Waals surface area contributed by atoms with E-state index in [2.05, 4.69) is 4.74 Å². The number of carboxylic acid groups (broad SMARTS) is 1. The van der Waals surface area contributed by atoms with E-state index in [1.165, 1.54) is 13.2 Å². The van der Waals surface area contributed by atoms with Crippen LogP contribution in [0.25, 0.3) is 0 Å². The molecule has 0 bridgehead atoms. The highest BCUT2D eigenvalue weighted by atomic mass is 16.5. The molecule has 0 aromatic heterocycles. The van der Waals surface area contributed by atoms with Gasteiger partial charge in [0.15, 0.2) is 0 Å². The van der Waals surface area contributed by atoms with Crippen molar-refractivity contribution in [2.75, 3.05) is 7.11 Å². The van der Waals surface area contributed by atoms with Crippen LogP contribution in [0.2, 0.25) is 0 Å². The fraction of sp³-hybridized carbons (Fsp3) is 0.500. The lowest BCUT2D eigenvalue weighted by Gasteiger charge is -2.12.